The zero-order chi connectivity index (χ0) is 12.3. The monoisotopic (exact) mass is 249 g/mol. The second-order valence-electron chi connectivity index (χ2n) is 3.60. The number of aromatic nitrogens is 1. The van der Waals surface area contributed by atoms with Crippen LogP contribution in [-0.4, -0.2) is 11.3 Å². The SMILES string of the molecule is O=Cc1ccc(Cc2ccc(Cl)cc2)nc1F. The van der Waals surface area contributed by atoms with Crippen LogP contribution in [-0.2, 0) is 6.42 Å². The fourth-order valence-corrected chi connectivity index (χ4v) is 1.61. The molecule has 0 bridgehead atoms. The predicted octanol–water partition coefficient (Wildman–Crippen LogP) is 3.28. The highest BCUT2D eigenvalue weighted by molar-refractivity contribution is 6.30. The van der Waals surface area contributed by atoms with Crippen molar-refractivity contribution in [2.75, 3.05) is 0 Å². The van der Waals surface area contributed by atoms with Gasteiger partial charge < -0.3 is 0 Å². The van der Waals surface area contributed by atoms with Crippen molar-refractivity contribution in [2.24, 2.45) is 0 Å². The second-order valence-corrected chi connectivity index (χ2v) is 4.04. The molecule has 0 aliphatic rings. The van der Waals surface area contributed by atoms with Gasteiger partial charge in [0.15, 0.2) is 6.29 Å². The van der Waals surface area contributed by atoms with Crippen molar-refractivity contribution in [1.82, 2.24) is 4.98 Å². The van der Waals surface area contributed by atoms with Crippen molar-refractivity contribution in [2.45, 2.75) is 6.42 Å². The van der Waals surface area contributed by atoms with Crippen molar-refractivity contribution in [1.29, 1.82) is 0 Å². The first-order valence-electron chi connectivity index (χ1n) is 5.04. The summed E-state index contributed by atoms with van der Waals surface area (Å²) in [6, 6.07) is 10.3. The van der Waals surface area contributed by atoms with E-state index < -0.39 is 5.95 Å². The number of hydrogen-bond acceptors (Lipinski definition) is 2. The number of rotatable bonds is 3. The van der Waals surface area contributed by atoms with Crippen molar-refractivity contribution in [3.05, 3.63) is 64.2 Å². The zero-order valence-electron chi connectivity index (χ0n) is 8.86. The summed E-state index contributed by atoms with van der Waals surface area (Å²) in [6.45, 7) is 0. The number of benzene rings is 1. The maximum Gasteiger partial charge on any atom is 0.223 e. The Labute approximate surface area is 103 Å². The number of hydrogen-bond donors (Lipinski definition) is 0. The standard InChI is InChI=1S/C13H9ClFNO/c14-11-4-1-9(2-5-11)7-12-6-3-10(8-17)13(15)16-12/h1-6,8H,7H2. The third-order valence-corrected chi connectivity index (χ3v) is 2.61. The molecule has 0 saturated carbocycles. The topological polar surface area (TPSA) is 30.0 Å². The minimum absolute atomic E-state index is 0.0233. The normalized spacial score (nSPS) is 10.2. The summed E-state index contributed by atoms with van der Waals surface area (Å²) in [6.07, 6.45) is 0.960. The van der Waals surface area contributed by atoms with Crippen LogP contribution in [0.3, 0.4) is 0 Å². The highest BCUT2D eigenvalue weighted by Gasteiger charge is 2.04. The molecule has 0 amide bonds. The van der Waals surface area contributed by atoms with Gasteiger partial charge in [-0.2, -0.15) is 4.39 Å². The Balaban J connectivity index is 2.21. The first-order valence-corrected chi connectivity index (χ1v) is 5.42. The molecule has 1 heterocycles. The smallest absolute Gasteiger partial charge is 0.223 e. The van der Waals surface area contributed by atoms with Gasteiger partial charge in [-0.25, -0.2) is 4.98 Å². The highest BCUT2D eigenvalue weighted by Crippen LogP contribution is 2.13. The number of pyridine rings is 1. The number of halogens is 2. The predicted molar refractivity (Wildman–Crippen MR) is 63.8 cm³/mol. The van der Waals surface area contributed by atoms with Gasteiger partial charge in [0.05, 0.1) is 5.56 Å². The molecule has 17 heavy (non-hydrogen) atoms. The number of carbonyl (C=O) groups is 1. The summed E-state index contributed by atoms with van der Waals surface area (Å²) in [7, 11) is 0. The lowest BCUT2D eigenvalue weighted by Crippen LogP contribution is -1.98. The van der Waals surface area contributed by atoms with Gasteiger partial charge in [0.25, 0.3) is 0 Å². The van der Waals surface area contributed by atoms with Crippen LogP contribution >= 0.6 is 11.6 Å². The molecule has 0 N–H and O–H groups in total. The summed E-state index contributed by atoms with van der Waals surface area (Å²) in [5.74, 6) is -0.730. The van der Waals surface area contributed by atoms with E-state index in [9.17, 15) is 9.18 Å². The lowest BCUT2D eigenvalue weighted by Gasteiger charge is -2.02. The van der Waals surface area contributed by atoms with Gasteiger partial charge in [-0.1, -0.05) is 23.7 Å². The Hall–Kier alpha value is -1.74. The van der Waals surface area contributed by atoms with Crippen LogP contribution in [0.2, 0.25) is 5.02 Å². The van der Waals surface area contributed by atoms with Gasteiger partial charge >= 0.3 is 0 Å². The largest absolute Gasteiger partial charge is 0.298 e. The van der Waals surface area contributed by atoms with Crippen molar-refractivity contribution >= 4 is 17.9 Å². The molecule has 1 aromatic carbocycles. The van der Waals surface area contributed by atoms with Gasteiger partial charge in [0, 0.05) is 17.1 Å². The lowest BCUT2D eigenvalue weighted by molar-refractivity contribution is 0.111. The summed E-state index contributed by atoms with van der Waals surface area (Å²) in [4.78, 5) is 14.2. The van der Waals surface area contributed by atoms with E-state index in [2.05, 4.69) is 4.98 Å². The molecule has 0 saturated heterocycles. The van der Waals surface area contributed by atoms with E-state index in [1.165, 1.54) is 6.07 Å². The minimum atomic E-state index is -0.730. The maximum atomic E-state index is 13.3. The molecule has 4 heteroatoms. The third-order valence-electron chi connectivity index (χ3n) is 2.36. The Morgan fingerprint density at radius 1 is 1.18 bits per heavy atom. The Morgan fingerprint density at radius 3 is 2.47 bits per heavy atom. The maximum absolute atomic E-state index is 13.3. The van der Waals surface area contributed by atoms with Crippen molar-refractivity contribution in [3.8, 4) is 0 Å². The van der Waals surface area contributed by atoms with E-state index in [0.29, 0.717) is 23.4 Å². The van der Waals surface area contributed by atoms with E-state index in [-0.39, 0.29) is 5.56 Å². The first kappa shape index (κ1) is 11.7. The molecular formula is C13H9ClFNO. The Morgan fingerprint density at radius 2 is 1.88 bits per heavy atom. The van der Waals surface area contributed by atoms with Crippen LogP contribution in [0.1, 0.15) is 21.6 Å². The minimum Gasteiger partial charge on any atom is -0.298 e. The van der Waals surface area contributed by atoms with Crippen LogP contribution in [0.5, 0.6) is 0 Å². The van der Waals surface area contributed by atoms with Crippen molar-refractivity contribution in [3.63, 3.8) is 0 Å². The summed E-state index contributed by atoms with van der Waals surface area (Å²) >= 11 is 5.76. The van der Waals surface area contributed by atoms with Gasteiger partial charge in [-0.05, 0) is 29.8 Å². The molecule has 0 atom stereocenters. The van der Waals surface area contributed by atoms with E-state index in [4.69, 9.17) is 11.6 Å². The Bertz CT molecular complexity index is 540. The average molecular weight is 250 g/mol. The number of carbonyl (C=O) groups excluding carboxylic acids is 1. The molecule has 0 radical (unpaired) electrons. The second kappa shape index (κ2) is 5.06. The van der Waals surface area contributed by atoms with Crippen LogP contribution in [0.4, 0.5) is 4.39 Å². The van der Waals surface area contributed by atoms with E-state index in [0.717, 1.165) is 5.56 Å². The lowest BCUT2D eigenvalue weighted by atomic mass is 10.1. The zero-order valence-corrected chi connectivity index (χ0v) is 9.62. The quantitative estimate of drug-likeness (QED) is 0.617. The summed E-state index contributed by atoms with van der Waals surface area (Å²) < 4.78 is 13.3. The molecule has 0 aliphatic carbocycles. The third kappa shape index (κ3) is 2.88. The van der Waals surface area contributed by atoms with Crippen LogP contribution in [0, 0.1) is 5.95 Å². The molecular weight excluding hydrogens is 241 g/mol. The molecule has 1 aromatic heterocycles. The summed E-state index contributed by atoms with van der Waals surface area (Å²) in [5.41, 5.74) is 1.54. The molecule has 2 nitrogen and oxygen atoms in total. The fraction of sp³-hybridized carbons (Fsp3) is 0.0769. The molecule has 86 valence electrons. The summed E-state index contributed by atoms with van der Waals surface area (Å²) in [5, 5.41) is 0.657. The van der Waals surface area contributed by atoms with Crippen LogP contribution in [0.15, 0.2) is 36.4 Å². The van der Waals surface area contributed by atoms with Gasteiger partial charge in [0.1, 0.15) is 0 Å². The number of aldehydes is 1. The number of nitrogens with zero attached hydrogens (tertiary/aromatic N) is 1. The molecule has 0 spiro atoms. The molecule has 0 aliphatic heterocycles. The van der Waals surface area contributed by atoms with E-state index in [1.807, 2.05) is 12.1 Å². The Kier molecular flexibility index (Phi) is 3.49. The van der Waals surface area contributed by atoms with E-state index >= 15 is 0 Å². The molecule has 0 fully saturated rings. The van der Waals surface area contributed by atoms with Crippen molar-refractivity contribution < 1.29 is 9.18 Å². The van der Waals surface area contributed by atoms with Gasteiger partial charge in [0.2, 0.25) is 5.95 Å². The van der Waals surface area contributed by atoms with Crippen LogP contribution < -0.4 is 0 Å². The highest BCUT2D eigenvalue weighted by atomic mass is 35.5. The molecule has 0 unspecified atom stereocenters. The first-order chi connectivity index (χ1) is 8.19. The molecule has 2 rings (SSSR count). The van der Waals surface area contributed by atoms with Crippen LogP contribution in [0.25, 0.3) is 0 Å². The molecule has 2 aromatic rings. The average Bonchev–Trinajstić information content (AvgIpc) is 2.32. The fourth-order valence-electron chi connectivity index (χ4n) is 1.48. The van der Waals surface area contributed by atoms with Gasteiger partial charge in [-0.3, -0.25) is 4.79 Å². The van der Waals surface area contributed by atoms with E-state index in [1.54, 1.807) is 18.2 Å². The van der Waals surface area contributed by atoms with Gasteiger partial charge in [-0.15, -0.1) is 0 Å².